The summed E-state index contributed by atoms with van der Waals surface area (Å²) in [5, 5.41) is 12.6. The summed E-state index contributed by atoms with van der Waals surface area (Å²) in [7, 11) is 0. The van der Waals surface area contributed by atoms with Crippen LogP contribution in [0, 0.1) is 24.1 Å². The molecule has 0 amide bonds. The van der Waals surface area contributed by atoms with Crippen molar-refractivity contribution in [2.45, 2.75) is 13.5 Å². The van der Waals surface area contributed by atoms with Gasteiger partial charge in [0.15, 0.2) is 0 Å². The highest BCUT2D eigenvalue weighted by atomic mass is 35.5. The number of nitrogens with zero attached hydrogens (tertiary/aromatic N) is 1. The fourth-order valence-corrected chi connectivity index (χ4v) is 1.87. The lowest BCUT2D eigenvalue weighted by Gasteiger charge is -2.08. The van der Waals surface area contributed by atoms with E-state index >= 15 is 0 Å². The maximum atomic E-state index is 13.2. The van der Waals surface area contributed by atoms with Crippen molar-refractivity contribution in [3.05, 3.63) is 63.9 Å². The van der Waals surface area contributed by atoms with Crippen LogP contribution in [-0.4, -0.2) is 0 Å². The van der Waals surface area contributed by atoms with Crippen molar-refractivity contribution >= 4 is 17.3 Å². The minimum absolute atomic E-state index is 0.0342. The van der Waals surface area contributed by atoms with Gasteiger partial charge in [0.05, 0.1) is 5.56 Å². The fraction of sp³-hybridized carbons (Fsp3) is 0.133. The molecule has 0 heterocycles. The minimum Gasteiger partial charge on any atom is -0.381 e. The van der Waals surface area contributed by atoms with E-state index in [-0.39, 0.29) is 5.56 Å². The van der Waals surface area contributed by atoms with Crippen LogP contribution in [0.2, 0.25) is 5.02 Å². The summed E-state index contributed by atoms with van der Waals surface area (Å²) < 4.78 is 13.2. The summed E-state index contributed by atoms with van der Waals surface area (Å²) >= 11 is 6.04. The first kappa shape index (κ1) is 13.4. The van der Waals surface area contributed by atoms with Crippen molar-refractivity contribution < 1.29 is 4.39 Å². The molecule has 0 aliphatic rings. The van der Waals surface area contributed by atoms with Gasteiger partial charge in [-0.2, -0.15) is 5.26 Å². The van der Waals surface area contributed by atoms with Gasteiger partial charge in [0.2, 0.25) is 0 Å². The van der Waals surface area contributed by atoms with Gasteiger partial charge in [-0.25, -0.2) is 4.39 Å². The summed E-state index contributed by atoms with van der Waals surface area (Å²) in [4.78, 5) is 0. The number of nitrogens with one attached hydrogen (secondary N) is 1. The number of benzene rings is 2. The third-order valence-electron chi connectivity index (χ3n) is 2.82. The summed E-state index contributed by atoms with van der Waals surface area (Å²) in [6.07, 6.45) is 0. The molecule has 1 N–H and O–H groups in total. The quantitative estimate of drug-likeness (QED) is 0.907. The predicted octanol–water partition coefficient (Wildman–Crippen LogP) is 4.27. The van der Waals surface area contributed by atoms with Crippen molar-refractivity contribution in [2.24, 2.45) is 0 Å². The van der Waals surface area contributed by atoms with E-state index in [2.05, 4.69) is 5.32 Å². The van der Waals surface area contributed by atoms with E-state index in [1.54, 1.807) is 6.07 Å². The van der Waals surface area contributed by atoms with Gasteiger partial charge in [-0.3, -0.25) is 0 Å². The van der Waals surface area contributed by atoms with Crippen LogP contribution >= 0.6 is 11.6 Å². The van der Waals surface area contributed by atoms with Crippen molar-refractivity contribution in [1.82, 2.24) is 0 Å². The Morgan fingerprint density at radius 2 is 2.05 bits per heavy atom. The summed E-state index contributed by atoms with van der Waals surface area (Å²) in [5.41, 5.74) is 2.79. The van der Waals surface area contributed by atoms with Crippen LogP contribution in [0.1, 0.15) is 16.7 Å². The molecule has 2 aromatic carbocycles. The SMILES string of the molecule is Cc1ccc(CNc2ccc(F)c(C#N)c2)cc1Cl. The average molecular weight is 275 g/mol. The lowest BCUT2D eigenvalue weighted by Crippen LogP contribution is -2.00. The Morgan fingerprint density at radius 3 is 2.74 bits per heavy atom. The lowest BCUT2D eigenvalue weighted by molar-refractivity contribution is 0.624. The second-order valence-corrected chi connectivity index (χ2v) is 4.65. The van der Waals surface area contributed by atoms with Crippen molar-refractivity contribution in [1.29, 1.82) is 5.26 Å². The molecule has 0 aliphatic heterocycles. The molecule has 2 rings (SSSR count). The zero-order valence-corrected chi connectivity index (χ0v) is 11.1. The summed E-state index contributed by atoms with van der Waals surface area (Å²) in [6, 6.07) is 12.0. The number of hydrogen-bond donors (Lipinski definition) is 1. The number of aryl methyl sites for hydroxylation is 1. The van der Waals surface area contributed by atoms with E-state index in [0.29, 0.717) is 12.2 Å². The minimum atomic E-state index is -0.508. The zero-order chi connectivity index (χ0) is 13.8. The van der Waals surface area contributed by atoms with Crippen molar-refractivity contribution in [2.75, 3.05) is 5.32 Å². The van der Waals surface area contributed by atoms with Gasteiger partial charge in [0.1, 0.15) is 11.9 Å². The molecule has 0 saturated carbocycles. The van der Waals surface area contributed by atoms with Gasteiger partial charge in [0.25, 0.3) is 0 Å². The van der Waals surface area contributed by atoms with Crippen LogP contribution in [-0.2, 0) is 6.54 Å². The van der Waals surface area contributed by atoms with E-state index in [1.165, 1.54) is 12.1 Å². The molecular formula is C15H12ClFN2. The topological polar surface area (TPSA) is 35.8 Å². The van der Waals surface area contributed by atoms with E-state index in [0.717, 1.165) is 16.1 Å². The first-order valence-electron chi connectivity index (χ1n) is 5.78. The van der Waals surface area contributed by atoms with Crippen LogP contribution in [0.3, 0.4) is 0 Å². The highest BCUT2D eigenvalue weighted by molar-refractivity contribution is 6.31. The number of hydrogen-bond acceptors (Lipinski definition) is 2. The zero-order valence-electron chi connectivity index (χ0n) is 10.4. The van der Waals surface area contributed by atoms with E-state index in [4.69, 9.17) is 16.9 Å². The molecule has 0 atom stereocenters. The molecule has 0 aromatic heterocycles. The van der Waals surface area contributed by atoms with Crippen LogP contribution in [0.25, 0.3) is 0 Å². The van der Waals surface area contributed by atoms with Gasteiger partial charge >= 0.3 is 0 Å². The Morgan fingerprint density at radius 1 is 1.26 bits per heavy atom. The number of nitriles is 1. The third kappa shape index (κ3) is 3.24. The molecule has 2 nitrogen and oxygen atoms in total. The Kier molecular flexibility index (Phi) is 4.03. The number of halogens is 2. The molecule has 0 radical (unpaired) electrons. The Hall–Kier alpha value is -2.05. The molecule has 0 aliphatic carbocycles. The van der Waals surface area contributed by atoms with Crippen LogP contribution < -0.4 is 5.32 Å². The highest BCUT2D eigenvalue weighted by Gasteiger charge is 2.03. The first-order valence-corrected chi connectivity index (χ1v) is 6.16. The van der Waals surface area contributed by atoms with Crippen molar-refractivity contribution in [3.8, 4) is 6.07 Å². The Balaban J connectivity index is 2.10. The molecular weight excluding hydrogens is 263 g/mol. The molecule has 0 saturated heterocycles. The molecule has 0 bridgehead atoms. The molecule has 96 valence electrons. The fourth-order valence-electron chi connectivity index (χ4n) is 1.67. The van der Waals surface area contributed by atoms with Crippen LogP contribution in [0.4, 0.5) is 10.1 Å². The summed E-state index contributed by atoms with van der Waals surface area (Å²) in [6.45, 7) is 2.51. The normalized spacial score (nSPS) is 10.0. The monoisotopic (exact) mass is 274 g/mol. The molecule has 2 aromatic rings. The van der Waals surface area contributed by atoms with E-state index < -0.39 is 5.82 Å². The Labute approximate surface area is 116 Å². The standard InChI is InChI=1S/C15H12ClFN2/c1-10-2-3-11(6-14(10)16)9-19-13-4-5-15(17)12(7-13)8-18/h2-7,19H,9H2,1H3. The third-order valence-corrected chi connectivity index (χ3v) is 3.23. The van der Waals surface area contributed by atoms with E-state index in [9.17, 15) is 4.39 Å². The Bertz CT molecular complexity index is 647. The molecule has 0 fully saturated rings. The van der Waals surface area contributed by atoms with Crippen LogP contribution in [0.5, 0.6) is 0 Å². The van der Waals surface area contributed by atoms with Gasteiger partial charge in [-0.15, -0.1) is 0 Å². The maximum Gasteiger partial charge on any atom is 0.141 e. The van der Waals surface area contributed by atoms with Gasteiger partial charge in [0, 0.05) is 17.3 Å². The average Bonchev–Trinajstić information content (AvgIpc) is 2.41. The highest BCUT2D eigenvalue weighted by Crippen LogP contribution is 2.19. The van der Waals surface area contributed by atoms with Gasteiger partial charge in [-0.1, -0.05) is 23.7 Å². The number of anilines is 1. The van der Waals surface area contributed by atoms with Crippen molar-refractivity contribution in [3.63, 3.8) is 0 Å². The lowest BCUT2D eigenvalue weighted by atomic mass is 10.1. The van der Waals surface area contributed by atoms with E-state index in [1.807, 2.05) is 31.2 Å². The number of rotatable bonds is 3. The van der Waals surface area contributed by atoms with Gasteiger partial charge in [-0.05, 0) is 42.3 Å². The molecule has 4 heteroatoms. The van der Waals surface area contributed by atoms with Gasteiger partial charge < -0.3 is 5.32 Å². The molecule has 19 heavy (non-hydrogen) atoms. The first-order chi connectivity index (χ1) is 9.10. The maximum absolute atomic E-state index is 13.2. The largest absolute Gasteiger partial charge is 0.381 e. The molecule has 0 unspecified atom stereocenters. The smallest absolute Gasteiger partial charge is 0.141 e. The second-order valence-electron chi connectivity index (χ2n) is 4.24. The molecule has 0 spiro atoms. The predicted molar refractivity (Wildman–Crippen MR) is 74.6 cm³/mol. The van der Waals surface area contributed by atoms with Crippen LogP contribution in [0.15, 0.2) is 36.4 Å². The second kappa shape index (κ2) is 5.73. The summed E-state index contributed by atoms with van der Waals surface area (Å²) in [5.74, 6) is -0.508.